The first-order chi connectivity index (χ1) is 9.57. The molecule has 0 aromatic heterocycles. The van der Waals surface area contributed by atoms with Crippen molar-refractivity contribution in [3.05, 3.63) is 35.6 Å². The molecule has 3 heteroatoms. The van der Waals surface area contributed by atoms with E-state index in [1.165, 1.54) is 31.6 Å². The summed E-state index contributed by atoms with van der Waals surface area (Å²) in [6.45, 7) is 4.73. The lowest BCUT2D eigenvalue weighted by molar-refractivity contribution is -0.0225. The highest BCUT2D eigenvalue weighted by molar-refractivity contribution is 5.23. The van der Waals surface area contributed by atoms with Crippen LogP contribution in [-0.2, 0) is 5.60 Å². The maximum atomic E-state index is 13.0. The van der Waals surface area contributed by atoms with E-state index in [-0.39, 0.29) is 5.82 Å². The van der Waals surface area contributed by atoms with E-state index in [1.807, 2.05) is 0 Å². The zero-order valence-electron chi connectivity index (χ0n) is 12.2. The standard InChI is InChI=1S/C17H24FNO/c1-13-8-11-19(12-13)16-6-9-17(20,10-7-16)14-2-4-15(18)5-3-14/h2-5,13,16,20H,6-12H2,1H3/t13-,16?,17?/m1/s1. The summed E-state index contributed by atoms with van der Waals surface area (Å²) in [5, 5.41) is 10.8. The smallest absolute Gasteiger partial charge is 0.123 e. The minimum absolute atomic E-state index is 0.239. The second-order valence-corrected chi connectivity index (χ2v) is 6.66. The van der Waals surface area contributed by atoms with Crippen molar-refractivity contribution in [2.45, 2.75) is 50.7 Å². The van der Waals surface area contributed by atoms with E-state index in [1.54, 1.807) is 12.1 Å². The Hall–Kier alpha value is -0.930. The number of hydrogen-bond acceptors (Lipinski definition) is 2. The monoisotopic (exact) mass is 277 g/mol. The first-order valence-corrected chi connectivity index (χ1v) is 7.79. The summed E-state index contributed by atoms with van der Waals surface area (Å²) in [5.74, 6) is 0.574. The highest BCUT2D eigenvalue weighted by atomic mass is 19.1. The Morgan fingerprint density at radius 1 is 1.15 bits per heavy atom. The van der Waals surface area contributed by atoms with Gasteiger partial charge in [0, 0.05) is 12.6 Å². The van der Waals surface area contributed by atoms with Crippen molar-refractivity contribution in [2.24, 2.45) is 5.92 Å². The molecule has 1 aliphatic carbocycles. The van der Waals surface area contributed by atoms with Crippen LogP contribution in [0.15, 0.2) is 24.3 Å². The highest BCUT2D eigenvalue weighted by Gasteiger charge is 2.37. The summed E-state index contributed by atoms with van der Waals surface area (Å²) in [6, 6.07) is 6.98. The maximum Gasteiger partial charge on any atom is 0.123 e. The Morgan fingerprint density at radius 2 is 1.80 bits per heavy atom. The van der Waals surface area contributed by atoms with Crippen molar-refractivity contribution >= 4 is 0 Å². The van der Waals surface area contributed by atoms with Crippen molar-refractivity contribution in [1.29, 1.82) is 0 Å². The van der Waals surface area contributed by atoms with E-state index in [0.29, 0.717) is 6.04 Å². The van der Waals surface area contributed by atoms with E-state index in [4.69, 9.17) is 0 Å². The molecule has 20 heavy (non-hydrogen) atoms. The molecule has 3 rings (SSSR count). The van der Waals surface area contributed by atoms with Gasteiger partial charge in [-0.3, -0.25) is 0 Å². The number of rotatable bonds is 2. The Bertz CT molecular complexity index is 451. The molecular formula is C17H24FNO. The van der Waals surface area contributed by atoms with Gasteiger partial charge >= 0.3 is 0 Å². The van der Waals surface area contributed by atoms with Crippen molar-refractivity contribution in [3.8, 4) is 0 Å². The van der Waals surface area contributed by atoms with Crippen LogP contribution in [0.5, 0.6) is 0 Å². The van der Waals surface area contributed by atoms with E-state index in [9.17, 15) is 9.50 Å². The van der Waals surface area contributed by atoms with Gasteiger partial charge < -0.3 is 10.0 Å². The van der Waals surface area contributed by atoms with E-state index in [0.717, 1.165) is 37.2 Å². The number of likely N-dealkylation sites (tertiary alicyclic amines) is 1. The molecule has 0 bridgehead atoms. The van der Waals surface area contributed by atoms with Crippen molar-refractivity contribution < 1.29 is 9.50 Å². The SMILES string of the molecule is C[C@@H]1CCN(C2CCC(O)(c3ccc(F)cc3)CC2)C1. The molecule has 0 unspecified atom stereocenters. The summed E-state index contributed by atoms with van der Waals surface area (Å²) in [5.41, 5.74) is 0.113. The van der Waals surface area contributed by atoms with E-state index < -0.39 is 5.60 Å². The van der Waals surface area contributed by atoms with Gasteiger partial charge in [-0.25, -0.2) is 4.39 Å². The van der Waals surface area contributed by atoms with Crippen LogP contribution in [0, 0.1) is 11.7 Å². The summed E-state index contributed by atoms with van der Waals surface area (Å²) in [6.07, 6.45) is 4.96. The third-order valence-corrected chi connectivity index (χ3v) is 5.14. The summed E-state index contributed by atoms with van der Waals surface area (Å²) < 4.78 is 13.0. The van der Waals surface area contributed by atoms with Gasteiger partial charge in [0.2, 0.25) is 0 Å². The van der Waals surface area contributed by atoms with Gasteiger partial charge in [-0.15, -0.1) is 0 Å². The number of hydrogen-bond donors (Lipinski definition) is 1. The predicted octanol–water partition coefficient (Wildman–Crippen LogP) is 3.30. The van der Waals surface area contributed by atoms with Gasteiger partial charge in [-0.05, 0) is 62.3 Å². The molecule has 1 heterocycles. The fourth-order valence-electron chi connectivity index (χ4n) is 3.79. The van der Waals surface area contributed by atoms with Crippen molar-refractivity contribution in [2.75, 3.05) is 13.1 Å². The van der Waals surface area contributed by atoms with Gasteiger partial charge in [0.15, 0.2) is 0 Å². The van der Waals surface area contributed by atoms with Crippen LogP contribution in [-0.4, -0.2) is 29.1 Å². The lowest BCUT2D eigenvalue weighted by Gasteiger charge is -2.40. The first-order valence-electron chi connectivity index (χ1n) is 7.79. The third-order valence-electron chi connectivity index (χ3n) is 5.14. The first kappa shape index (κ1) is 14.0. The number of nitrogens with zero attached hydrogens (tertiary/aromatic N) is 1. The Labute approximate surface area is 120 Å². The van der Waals surface area contributed by atoms with Crippen LogP contribution in [0.2, 0.25) is 0 Å². The second kappa shape index (κ2) is 5.45. The molecule has 0 amide bonds. The normalized spacial score (nSPS) is 35.4. The van der Waals surface area contributed by atoms with Crippen LogP contribution < -0.4 is 0 Å². The summed E-state index contributed by atoms with van der Waals surface area (Å²) in [4.78, 5) is 2.59. The lowest BCUT2D eigenvalue weighted by atomic mass is 9.77. The zero-order chi connectivity index (χ0) is 14.2. The predicted molar refractivity (Wildman–Crippen MR) is 77.9 cm³/mol. The Balaban J connectivity index is 1.63. The van der Waals surface area contributed by atoms with Gasteiger partial charge in [0.1, 0.15) is 5.82 Å². The van der Waals surface area contributed by atoms with Crippen molar-refractivity contribution in [1.82, 2.24) is 4.90 Å². The number of benzene rings is 1. The molecule has 1 atom stereocenters. The lowest BCUT2D eigenvalue weighted by Crippen LogP contribution is -2.41. The Kier molecular flexibility index (Phi) is 3.83. The van der Waals surface area contributed by atoms with Crippen LogP contribution in [0.4, 0.5) is 4.39 Å². The molecule has 1 aliphatic heterocycles. The second-order valence-electron chi connectivity index (χ2n) is 6.66. The average molecular weight is 277 g/mol. The van der Waals surface area contributed by atoms with E-state index >= 15 is 0 Å². The average Bonchev–Trinajstić information content (AvgIpc) is 2.87. The molecule has 1 N–H and O–H groups in total. The van der Waals surface area contributed by atoms with Crippen LogP contribution in [0.25, 0.3) is 0 Å². The van der Waals surface area contributed by atoms with Crippen LogP contribution in [0.3, 0.4) is 0 Å². The van der Waals surface area contributed by atoms with Crippen LogP contribution in [0.1, 0.15) is 44.6 Å². The number of halogens is 1. The topological polar surface area (TPSA) is 23.5 Å². The van der Waals surface area contributed by atoms with E-state index in [2.05, 4.69) is 11.8 Å². The molecule has 2 nitrogen and oxygen atoms in total. The summed E-state index contributed by atoms with van der Waals surface area (Å²) in [7, 11) is 0. The fourth-order valence-corrected chi connectivity index (χ4v) is 3.79. The fraction of sp³-hybridized carbons (Fsp3) is 0.647. The number of aliphatic hydroxyl groups is 1. The molecule has 0 spiro atoms. The molecule has 2 aliphatic rings. The zero-order valence-corrected chi connectivity index (χ0v) is 12.2. The van der Waals surface area contributed by atoms with Gasteiger partial charge in [0.25, 0.3) is 0 Å². The van der Waals surface area contributed by atoms with Gasteiger partial charge in [-0.2, -0.15) is 0 Å². The molecule has 1 aromatic carbocycles. The third kappa shape index (κ3) is 2.75. The molecule has 1 aromatic rings. The van der Waals surface area contributed by atoms with Crippen molar-refractivity contribution in [3.63, 3.8) is 0 Å². The minimum atomic E-state index is -0.754. The maximum absolute atomic E-state index is 13.0. The highest BCUT2D eigenvalue weighted by Crippen LogP contribution is 2.39. The van der Waals surface area contributed by atoms with Crippen LogP contribution >= 0.6 is 0 Å². The molecule has 110 valence electrons. The molecule has 2 fully saturated rings. The minimum Gasteiger partial charge on any atom is -0.385 e. The molecule has 0 radical (unpaired) electrons. The molecule has 1 saturated carbocycles. The largest absolute Gasteiger partial charge is 0.385 e. The quantitative estimate of drug-likeness (QED) is 0.896. The summed E-state index contributed by atoms with van der Waals surface area (Å²) >= 11 is 0. The van der Waals surface area contributed by atoms with Gasteiger partial charge in [-0.1, -0.05) is 19.1 Å². The molecule has 1 saturated heterocycles. The molecular weight excluding hydrogens is 253 g/mol. The van der Waals surface area contributed by atoms with Gasteiger partial charge in [0.05, 0.1) is 5.60 Å². The Morgan fingerprint density at radius 3 is 2.35 bits per heavy atom.